The summed E-state index contributed by atoms with van der Waals surface area (Å²) >= 11 is 0. The Bertz CT molecular complexity index is 671. The molecule has 0 saturated heterocycles. The summed E-state index contributed by atoms with van der Waals surface area (Å²) in [4.78, 5) is 13.3. The van der Waals surface area contributed by atoms with E-state index in [0.29, 0.717) is 12.0 Å². The third-order valence-corrected chi connectivity index (χ3v) is 4.13. The Balaban J connectivity index is 2.12. The van der Waals surface area contributed by atoms with Crippen LogP contribution in [0.4, 0.5) is 0 Å². The first-order chi connectivity index (χ1) is 9.20. The second-order valence-electron chi connectivity index (χ2n) is 4.90. The first kappa shape index (κ1) is 12.5. The SMILES string of the molecule is CCC1C=C(c2ncnc3c2ccn3P)C=NC1C. The van der Waals surface area contributed by atoms with Gasteiger partial charge in [0.1, 0.15) is 12.0 Å². The first-order valence-corrected chi connectivity index (χ1v) is 7.05. The Morgan fingerprint density at radius 2 is 2.21 bits per heavy atom. The van der Waals surface area contributed by atoms with Gasteiger partial charge in [-0.2, -0.15) is 0 Å². The van der Waals surface area contributed by atoms with Crippen LogP contribution in [0.3, 0.4) is 0 Å². The number of aromatic nitrogens is 3. The van der Waals surface area contributed by atoms with Gasteiger partial charge in [0.2, 0.25) is 0 Å². The number of allylic oxidation sites excluding steroid dienone is 1. The average Bonchev–Trinajstić information content (AvgIpc) is 2.81. The van der Waals surface area contributed by atoms with Gasteiger partial charge in [0.25, 0.3) is 0 Å². The van der Waals surface area contributed by atoms with Crippen molar-refractivity contribution in [2.45, 2.75) is 26.3 Å². The van der Waals surface area contributed by atoms with E-state index in [1.54, 1.807) is 6.33 Å². The van der Waals surface area contributed by atoms with Crippen molar-refractivity contribution in [2.24, 2.45) is 10.9 Å². The van der Waals surface area contributed by atoms with E-state index in [1.807, 2.05) is 22.8 Å². The van der Waals surface area contributed by atoms with Crippen molar-refractivity contribution in [3.05, 3.63) is 30.4 Å². The highest BCUT2D eigenvalue weighted by atomic mass is 31.0. The van der Waals surface area contributed by atoms with Crippen LogP contribution in [-0.4, -0.2) is 26.6 Å². The number of rotatable bonds is 2. The zero-order chi connectivity index (χ0) is 13.4. The van der Waals surface area contributed by atoms with E-state index in [-0.39, 0.29) is 0 Å². The van der Waals surface area contributed by atoms with Crippen molar-refractivity contribution in [2.75, 3.05) is 0 Å². The number of dihydropyridines is 1. The molecule has 3 atom stereocenters. The van der Waals surface area contributed by atoms with E-state index in [4.69, 9.17) is 0 Å². The van der Waals surface area contributed by atoms with Gasteiger partial charge in [-0.15, -0.1) is 0 Å². The molecule has 0 N–H and O–H groups in total. The third kappa shape index (κ3) is 2.10. The van der Waals surface area contributed by atoms with E-state index in [9.17, 15) is 0 Å². The second kappa shape index (κ2) is 4.86. The molecule has 0 bridgehead atoms. The molecule has 3 rings (SSSR count). The Kier molecular flexibility index (Phi) is 3.19. The van der Waals surface area contributed by atoms with Crippen molar-refractivity contribution >= 4 is 32.2 Å². The molecule has 1 aliphatic heterocycles. The summed E-state index contributed by atoms with van der Waals surface area (Å²) in [6.07, 6.45) is 8.93. The Morgan fingerprint density at radius 3 is 3.00 bits per heavy atom. The van der Waals surface area contributed by atoms with Crippen molar-refractivity contribution in [3.63, 3.8) is 0 Å². The molecule has 0 aromatic carbocycles. The van der Waals surface area contributed by atoms with Crippen LogP contribution in [0.2, 0.25) is 0 Å². The lowest BCUT2D eigenvalue weighted by Crippen LogP contribution is -2.17. The lowest BCUT2D eigenvalue weighted by atomic mass is 9.92. The number of nitrogens with zero attached hydrogens (tertiary/aromatic N) is 4. The fraction of sp³-hybridized carbons (Fsp3) is 0.357. The summed E-state index contributed by atoms with van der Waals surface area (Å²) in [6, 6.07) is 2.41. The van der Waals surface area contributed by atoms with Crippen LogP contribution in [0.15, 0.2) is 29.7 Å². The van der Waals surface area contributed by atoms with E-state index in [2.05, 4.69) is 44.3 Å². The monoisotopic (exact) mass is 272 g/mol. The lowest BCUT2D eigenvalue weighted by molar-refractivity contribution is 0.521. The molecule has 5 heteroatoms. The molecule has 19 heavy (non-hydrogen) atoms. The molecule has 0 fully saturated rings. The molecular formula is C14H17N4P. The molecule has 4 nitrogen and oxygen atoms in total. The fourth-order valence-electron chi connectivity index (χ4n) is 2.52. The topological polar surface area (TPSA) is 43.1 Å². The normalized spacial score (nSPS) is 22.8. The predicted molar refractivity (Wildman–Crippen MR) is 82.3 cm³/mol. The van der Waals surface area contributed by atoms with Crippen molar-refractivity contribution in [3.8, 4) is 0 Å². The van der Waals surface area contributed by atoms with Gasteiger partial charge in [0.05, 0.1) is 11.7 Å². The lowest BCUT2D eigenvalue weighted by Gasteiger charge is -2.21. The molecule has 0 radical (unpaired) electrons. The molecule has 1 aliphatic rings. The van der Waals surface area contributed by atoms with Crippen molar-refractivity contribution < 1.29 is 0 Å². The minimum Gasteiger partial charge on any atom is -0.317 e. The number of aliphatic imine (C=N–C) groups is 1. The minimum atomic E-state index is 0.359. The smallest absolute Gasteiger partial charge is 0.146 e. The Hall–Kier alpha value is -1.54. The quantitative estimate of drug-likeness (QED) is 0.789. The highest BCUT2D eigenvalue weighted by Gasteiger charge is 2.19. The number of fused-ring (bicyclic) bond motifs is 1. The van der Waals surface area contributed by atoms with E-state index < -0.39 is 0 Å². The molecule has 0 spiro atoms. The molecule has 3 unspecified atom stereocenters. The highest BCUT2D eigenvalue weighted by Crippen LogP contribution is 2.28. The predicted octanol–water partition coefficient (Wildman–Crippen LogP) is 2.95. The van der Waals surface area contributed by atoms with Crippen LogP contribution in [0.25, 0.3) is 16.6 Å². The van der Waals surface area contributed by atoms with Crippen LogP contribution < -0.4 is 0 Å². The molecule has 0 amide bonds. The third-order valence-electron chi connectivity index (χ3n) is 3.72. The number of hydrogen-bond acceptors (Lipinski definition) is 3. The van der Waals surface area contributed by atoms with E-state index in [0.717, 1.165) is 28.7 Å². The first-order valence-electron chi connectivity index (χ1n) is 6.53. The number of hydrogen-bond donors (Lipinski definition) is 0. The minimum absolute atomic E-state index is 0.359. The molecule has 0 aliphatic carbocycles. The summed E-state index contributed by atoms with van der Waals surface area (Å²) in [5, 5.41) is 1.07. The zero-order valence-electron chi connectivity index (χ0n) is 11.1. The van der Waals surface area contributed by atoms with Gasteiger partial charge in [-0.1, -0.05) is 13.0 Å². The van der Waals surface area contributed by atoms with Crippen LogP contribution in [0.5, 0.6) is 0 Å². The van der Waals surface area contributed by atoms with Crippen LogP contribution in [0.1, 0.15) is 26.0 Å². The maximum atomic E-state index is 4.59. The Labute approximate surface area is 114 Å². The maximum absolute atomic E-state index is 4.59. The van der Waals surface area contributed by atoms with Gasteiger partial charge in [-0.05, 0) is 34.7 Å². The van der Waals surface area contributed by atoms with Gasteiger partial charge < -0.3 is 4.34 Å². The van der Waals surface area contributed by atoms with Gasteiger partial charge >= 0.3 is 0 Å². The fourth-order valence-corrected chi connectivity index (χ4v) is 2.81. The summed E-state index contributed by atoms with van der Waals surface area (Å²) in [5.74, 6) is 0.489. The average molecular weight is 272 g/mol. The van der Waals surface area contributed by atoms with Crippen LogP contribution >= 0.6 is 9.39 Å². The van der Waals surface area contributed by atoms with Gasteiger partial charge in [0, 0.05) is 23.4 Å². The summed E-state index contributed by atoms with van der Waals surface area (Å²) in [5.41, 5.74) is 3.00. The van der Waals surface area contributed by atoms with E-state index in [1.165, 1.54) is 0 Å². The molecule has 3 heterocycles. The Morgan fingerprint density at radius 1 is 1.37 bits per heavy atom. The van der Waals surface area contributed by atoms with Gasteiger partial charge in [-0.3, -0.25) is 4.99 Å². The maximum Gasteiger partial charge on any atom is 0.146 e. The molecule has 2 aromatic rings. The molecule has 2 aromatic heterocycles. The van der Waals surface area contributed by atoms with Crippen LogP contribution in [0, 0.1) is 5.92 Å². The summed E-state index contributed by atoms with van der Waals surface area (Å²) < 4.78 is 1.93. The summed E-state index contributed by atoms with van der Waals surface area (Å²) in [7, 11) is 2.64. The van der Waals surface area contributed by atoms with Gasteiger partial charge in [0.15, 0.2) is 0 Å². The van der Waals surface area contributed by atoms with E-state index >= 15 is 0 Å². The summed E-state index contributed by atoms with van der Waals surface area (Å²) in [6.45, 7) is 4.36. The largest absolute Gasteiger partial charge is 0.317 e. The van der Waals surface area contributed by atoms with Crippen molar-refractivity contribution in [1.82, 2.24) is 14.3 Å². The molecular weight excluding hydrogens is 255 g/mol. The second-order valence-corrected chi connectivity index (χ2v) is 5.45. The van der Waals surface area contributed by atoms with Crippen LogP contribution in [-0.2, 0) is 0 Å². The standard InChI is InChI=1S/C14H17N4P/c1-3-10-6-11(7-15-9(10)2)13-12-4-5-18(19)14(12)17-8-16-13/h4-10H,3,19H2,1-2H3. The zero-order valence-corrected chi connectivity index (χ0v) is 12.3. The highest BCUT2D eigenvalue weighted by molar-refractivity contribution is 7.14. The van der Waals surface area contributed by atoms with Gasteiger partial charge in [-0.25, -0.2) is 9.97 Å². The molecule has 98 valence electrons. The van der Waals surface area contributed by atoms with Crippen molar-refractivity contribution in [1.29, 1.82) is 0 Å². The molecule has 0 saturated carbocycles.